The van der Waals surface area contributed by atoms with Crippen LogP contribution in [-0.2, 0) is 23.9 Å². The van der Waals surface area contributed by atoms with Crippen molar-refractivity contribution in [3.05, 3.63) is 39.9 Å². The SMILES string of the molecule is CC(C)OC(=O)[C@H]1C(=O)C[C@@](C)(O)[C@H](C(=O)OC(C)C)[C@@H]1c1cccc([N+](=O)[O-])c1. The summed E-state index contributed by atoms with van der Waals surface area (Å²) in [6.45, 7) is 7.83. The van der Waals surface area contributed by atoms with Crippen molar-refractivity contribution in [2.24, 2.45) is 11.8 Å². The molecule has 2 rings (SSSR count). The summed E-state index contributed by atoms with van der Waals surface area (Å²) in [4.78, 5) is 49.3. The Kier molecular flexibility index (Phi) is 6.97. The number of nitro groups is 1. The van der Waals surface area contributed by atoms with E-state index < -0.39 is 64.6 Å². The van der Waals surface area contributed by atoms with E-state index >= 15 is 0 Å². The molecule has 164 valence electrons. The molecule has 1 aliphatic rings. The number of Topliss-reactive ketones (excluding diaryl/α,β-unsaturated/α-hetero) is 1. The van der Waals surface area contributed by atoms with Crippen molar-refractivity contribution in [1.29, 1.82) is 0 Å². The Morgan fingerprint density at radius 3 is 2.27 bits per heavy atom. The van der Waals surface area contributed by atoms with Crippen molar-refractivity contribution >= 4 is 23.4 Å². The Bertz CT molecular complexity index is 837. The summed E-state index contributed by atoms with van der Waals surface area (Å²) in [5.41, 5.74) is -1.88. The number of hydrogen-bond acceptors (Lipinski definition) is 8. The van der Waals surface area contributed by atoms with Crippen LogP contribution >= 0.6 is 0 Å². The summed E-state index contributed by atoms with van der Waals surface area (Å²) in [7, 11) is 0. The van der Waals surface area contributed by atoms with Gasteiger partial charge in [-0.2, -0.15) is 0 Å². The second-order valence-corrected chi connectivity index (χ2v) is 8.30. The third-order valence-corrected chi connectivity index (χ3v) is 4.94. The first kappa shape index (κ1) is 23.5. The smallest absolute Gasteiger partial charge is 0.317 e. The zero-order chi connectivity index (χ0) is 22.8. The Labute approximate surface area is 174 Å². The molecule has 0 amide bonds. The van der Waals surface area contributed by atoms with Gasteiger partial charge in [-0.05, 0) is 40.2 Å². The first-order valence-electron chi connectivity index (χ1n) is 9.75. The maximum atomic E-state index is 12.9. The van der Waals surface area contributed by atoms with Crippen molar-refractivity contribution in [1.82, 2.24) is 0 Å². The molecule has 4 atom stereocenters. The molecule has 30 heavy (non-hydrogen) atoms. The number of nitro benzene ring substituents is 1. The van der Waals surface area contributed by atoms with Gasteiger partial charge in [0.05, 0.1) is 28.7 Å². The first-order chi connectivity index (χ1) is 13.8. The van der Waals surface area contributed by atoms with Gasteiger partial charge in [0.15, 0.2) is 5.78 Å². The molecule has 1 N–H and O–H groups in total. The summed E-state index contributed by atoms with van der Waals surface area (Å²) < 4.78 is 10.5. The third kappa shape index (κ3) is 5.02. The molecule has 1 saturated carbocycles. The van der Waals surface area contributed by atoms with Gasteiger partial charge in [0.1, 0.15) is 5.92 Å². The molecule has 0 spiro atoms. The highest BCUT2D eigenvalue weighted by molar-refractivity contribution is 6.02. The lowest BCUT2D eigenvalue weighted by Gasteiger charge is -2.43. The molecule has 0 radical (unpaired) electrons. The monoisotopic (exact) mass is 421 g/mol. The summed E-state index contributed by atoms with van der Waals surface area (Å²) in [6, 6.07) is 5.34. The van der Waals surface area contributed by atoms with E-state index in [1.807, 2.05) is 0 Å². The molecular weight excluding hydrogens is 394 g/mol. The van der Waals surface area contributed by atoms with Crippen molar-refractivity contribution in [3.8, 4) is 0 Å². The van der Waals surface area contributed by atoms with Gasteiger partial charge in [-0.1, -0.05) is 12.1 Å². The van der Waals surface area contributed by atoms with Crippen molar-refractivity contribution in [2.45, 2.75) is 64.8 Å². The summed E-state index contributed by atoms with van der Waals surface area (Å²) >= 11 is 0. The van der Waals surface area contributed by atoms with Crippen LogP contribution in [0.15, 0.2) is 24.3 Å². The number of hydrogen-bond donors (Lipinski definition) is 1. The van der Waals surface area contributed by atoms with Gasteiger partial charge >= 0.3 is 11.9 Å². The molecule has 1 aromatic carbocycles. The standard InChI is InChI=1S/C21H27NO8/c1-11(2)29-19(24)17-15(23)10-21(5,26)18(20(25)30-12(3)4)16(17)13-7-6-8-14(9-13)22(27)28/h6-9,11-12,16-18,26H,10H2,1-5H3/t16-,17+,18+,21-/m1/s1. The minimum absolute atomic E-state index is 0.203. The molecule has 0 heterocycles. The largest absolute Gasteiger partial charge is 0.463 e. The fourth-order valence-electron chi connectivity index (χ4n) is 3.87. The lowest BCUT2D eigenvalue weighted by atomic mass is 9.61. The zero-order valence-electron chi connectivity index (χ0n) is 17.7. The van der Waals surface area contributed by atoms with E-state index in [2.05, 4.69) is 0 Å². The van der Waals surface area contributed by atoms with E-state index in [1.54, 1.807) is 27.7 Å². The van der Waals surface area contributed by atoms with E-state index in [4.69, 9.17) is 9.47 Å². The highest BCUT2D eigenvalue weighted by atomic mass is 16.6. The molecule has 1 fully saturated rings. The van der Waals surface area contributed by atoms with Crippen molar-refractivity contribution in [2.75, 3.05) is 0 Å². The molecule has 0 aliphatic heterocycles. The van der Waals surface area contributed by atoms with Crippen LogP contribution in [0.25, 0.3) is 0 Å². The summed E-state index contributed by atoms with van der Waals surface area (Å²) in [5, 5.41) is 22.2. The maximum Gasteiger partial charge on any atom is 0.317 e. The zero-order valence-corrected chi connectivity index (χ0v) is 17.7. The average Bonchev–Trinajstić information content (AvgIpc) is 2.58. The van der Waals surface area contributed by atoms with Crippen LogP contribution in [0.5, 0.6) is 0 Å². The quantitative estimate of drug-likeness (QED) is 0.321. The molecule has 1 aliphatic carbocycles. The lowest BCUT2D eigenvalue weighted by Crippen LogP contribution is -2.55. The predicted molar refractivity (Wildman–Crippen MR) is 106 cm³/mol. The van der Waals surface area contributed by atoms with Crippen LogP contribution in [0.1, 0.15) is 52.5 Å². The third-order valence-electron chi connectivity index (χ3n) is 4.94. The highest BCUT2D eigenvalue weighted by Gasteiger charge is 2.57. The van der Waals surface area contributed by atoms with Crippen LogP contribution in [0, 0.1) is 22.0 Å². The van der Waals surface area contributed by atoms with Gasteiger partial charge in [0.2, 0.25) is 0 Å². The van der Waals surface area contributed by atoms with Crippen molar-refractivity contribution < 1.29 is 33.9 Å². The summed E-state index contributed by atoms with van der Waals surface area (Å²) in [6.07, 6.45) is -1.47. The molecule has 0 saturated heterocycles. The molecule has 9 nitrogen and oxygen atoms in total. The highest BCUT2D eigenvalue weighted by Crippen LogP contribution is 2.47. The Morgan fingerprint density at radius 2 is 1.73 bits per heavy atom. The fraction of sp³-hybridized carbons (Fsp3) is 0.571. The van der Waals surface area contributed by atoms with E-state index in [0.717, 1.165) is 0 Å². The maximum absolute atomic E-state index is 12.9. The van der Waals surface area contributed by atoms with Crippen LogP contribution in [0.2, 0.25) is 0 Å². The molecule has 1 aromatic rings. The van der Waals surface area contributed by atoms with E-state index in [0.29, 0.717) is 0 Å². The summed E-state index contributed by atoms with van der Waals surface area (Å²) in [5.74, 6) is -6.12. The van der Waals surface area contributed by atoms with Crippen LogP contribution in [0.4, 0.5) is 5.69 Å². The topological polar surface area (TPSA) is 133 Å². The molecule has 0 aromatic heterocycles. The Morgan fingerprint density at radius 1 is 1.17 bits per heavy atom. The van der Waals surface area contributed by atoms with Crippen LogP contribution in [-0.4, -0.2) is 45.6 Å². The van der Waals surface area contributed by atoms with Gasteiger partial charge in [-0.15, -0.1) is 0 Å². The first-order valence-corrected chi connectivity index (χ1v) is 9.75. The van der Waals surface area contributed by atoms with Gasteiger partial charge in [-0.25, -0.2) is 0 Å². The fourth-order valence-corrected chi connectivity index (χ4v) is 3.87. The van der Waals surface area contributed by atoms with Gasteiger partial charge in [0, 0.05) is 24.5 Å². The number of nitrogens with zero attached hydrogens (tertiary/aromatic N) is 1. The minimum atomic E-state index is -1.81. The number of carbonyl (C=O) groups excluding carboxylic acids is 3. The number of benzene rings is 1. The van der Waals surface area contributed by atoms with E-state index in [1.165, 1.54) is 31.2 Å². The number of non-ortho nitro benzene ring substituents is 1. The second-order valence-electron chi connectivity index (χ2n) is 8.30. The second kappa shape index (κ2) is 8.91. The van der Waals surface area contributed by atoms with E-state index in [-0.39, 0.29) is 11.3 Å². The molecular formula is C21H27NO8. The molecule has 9 heteroatoms. The van der Waals surface area contributed by atoms with Crippen LogP contribution < -0.4 is 0 Å². The predicted octanol–water partition coefficient (Wildman–Crippen LogP) is 2.54. The molecule has 0 bridgehead atoms. The number of esters is 2. The number of aliphatic hydroxyl groups is 1. The van der Waals surface area contributed by atoms with Gasteiger partial charge in [-0.3, -0.25) is 24.5 Å². The van der Waals surface area contributed by atoms with E-state index in [9.17, 15) is 29.6 Å². The van der Waals surface area contributed by atoms with Gasteiger partial charge in [0.25, 0.3) is 5.69 Å². The lowest BCUT2D eigenvalue weighted by molar-refractivity contribution is -0.385. The van der Waals surface area contributed by atoms with Crippen LogP contribution in [0.3, 0.4) is 0 Å². The number of carbonyl (C=O) groups is 3. The molecule has 0 unspecified atom stereocenters. The Balaban J connectivity index is 2.67. The Hall–Kier alpha value is -2.81. The minimum Gasteiger partial charge on any atom is -0.463 e. The van der Waals surface area contributed by atoms with Gasteiger partial charge < -0.3 is 14.6 Å². The average molecular weight is 421 g/mol. The number of ketones is 1. The number of ether oxygens (including phenoxy) is 2. The van der Waals surface area contributed by atoms with Crippen molar-refractivity contribution in [3.63, 3.8) is 0 Å². The number of rotatable bonds is 6. The normalized spacial score (nSPS) is 26.5.